The zero-order valence-electron chi connectivity index (χ0n) is 10.3. The molecular formula is C13H18N4. The molecule has 1 N–H and O–H groups in total. The highest BCUT2D eigenvalue weighted by Gasteiger charge is 2.00. The van der Waals surface area contributed by atoms with Crippen molar-refractivity contribution in [2.24, 2.45) is 0 Å². The van der Waals surface area contributed by atoms with Gasteiger partial charge in [-0.15, -0.1) is 0 Å². The van der Waals surface area contributed by atoms with E-state index in [0.29, 0.717) is 6.04 Å². The summed E-state index contributed by atoms with van der Waals surface area (Å²) in [5.74, 6) is 0. The third kappa shape index (κ3) is 3.67. The predicted molar refractivity (Wildman–Crippen MR) is 67.5 cm³/mol. The Kier molecular flexibility index (Phi) is 3.88. The Morgan fingerprint density at radius 1 is 1.41 bits per heavy atom. The average molecular weight is 230 g/mol. The fourth-order valence-corrected chi connectivity index (χ4v) is 1.60. The lowest BCUT2D eigenvalue weighted by molar-refractivity contribution is 0.582. The topological polar surface area (TPSA) is 42.7 Å². The van der Waals surface area contributed by atoms with Crippen LogP contribution in [0.1, 0.15) is 25.1 Å². The Labute approximate surface area is 102 Å². The van der Waals surface area contributed by atoms with E-state index in [2.05, 4.69) is 46.0 Å². The Hall–Kier alpha value is -1.68. The molecule has 90 valence electrons. The number of aromatic nitrogens is 3. The van der Waals surface area contributed by atoms with E-state index in [1.54, 1.807) is 6.20 Å². The van der Waals surface area contributed by atoms with Crippen LogP contribution in [0.4, 0.5) is 0 Å². The molecule has 2 aromatic rings. The molecule has 2 aromatic heterocycles. The lowest BCUT2D eigenvalue weighted by atomic mass is 10.3. The number of imidazole rings is 1. The summed E-state index contributed by atoms with van der Waals surface area (Å²) in [6.07, 6.45) is 7.61. The molecule has 0 unspecified atom stereocenters. The summed E-state index contributed by atoms with van der Waals surface area (Å²) in [7, 11) is 0. The van der Waals surface area contributed by atoms with Crippen molar-refractivity contribution in [3.63, 3.8) is 0 Å². The van der Waals surface area contributed by atoms with Gasteiger partial charge in [-0.1, -0.05) is 19.9 Å². The van der Waals surface area contributed by atoms with Crippen LogP contribution in [-0.2, 0) is 13.1 Å². The molecule has 0 aliphatic heterocycles. The second-order valence-electron chi connectivity index (χ2n) is 4.43. The predicted octanol–water partition coefficient (Wildman–Crippen LogP) is 1.82. The van der Waals surface area contributed by atoms with Crippen LogP contribution in [0.25, 0.3) is 0 Å². The number of nitrogens with one attached hydrogen (secondary N) is 1. The molecule has 0 bridgehead atoms. The van der Waals surface area contributed by atoms with E-state index in [0.717, 1.165) is 18.8 Å². The molecule has 0 saturated heterocycles. The highest BCUT2D eigenvalue weighted by atomic mass is 15.0. The van der Waals surface area contributed by atoms with Crippen molar-refractivity contribution < 1.29 is 0 Å². The van der Waals surface area contributed by atoms with Gasteiger partial charge in [-0.25, -0.2) is 4.98 Å². The van der Waals surface area contributed by atoms with E-state index in [-0.39, 0.29) is 0 Å². The molecule has 0 aliphatic rings. The van der Waals surface area contributed by atoms with Crippen molar-refractivity contribution in [1.82, 2.24) is 19.9 Å². The summed E-state index contributed by atoms with van der Waals surface area (Å²) >= 11 is 0. The molecule has 0 atom stereocenters. The maximum atomic E-state index is 4.36. The Morgan fingerprint density at radius 2 is 2.29 bits per heavy atom. The molecule has 2 heterocycles. The highest BCUT2D eigenvalue weighted by molar-refractivity contribution is 5.10. The van der Waals surface area contributed by atoms with E-state index in [1.807, 2.05) is 18.6 Å². The van der Waals surface area contributed by atoms with Gasteiger partial charge < -0.3 is 9.88 Å². The molecule has 0 saturated carbocycles. The summed E-state index contributed by atoms with van der Waals surface area (Å²) in [5, 5.41) is 3.35. The maximum absolute atomic E-state index is 4.36. The molecular weight excluding hydrogens is 212 g/mol. The largest absolute Gasteiger partial charge is 0.333 e. The van der Waals surface area contributed by atoms with Crippen LogP contribution in [0.15, 0.2) is 37.1 Å². The monoisotopic (exact) mass is 230 g/mol. The van der Waals surface area contributed by atoms with Gasteiger partial charge in [0.05, 0.1) is 18.6 Å². The van der Waals surface area contributed by atoms with Gasteiger partial charge in [0.1, 0.15) is 0 Å². The summed E-state index contributed by atoms with van der Waals surface area (Å²) in [5.41, 5.74) is 2.26. The summed E-state index contributed by atoms with van der Waals surface area (Å²) < 4.78 is 2.08. The quantitative estimate of drug-likeness (QED) is 0.852. The van der Waals surface area contributed by atoms with Gasteiger partial charge in [0.2, 0.25) is 0 Å². The van der Waals surface area contributed by atoms with Crippen molar-refractivity contribution in [3.8, 4) is 0 Å². The minimum absolute atomic E-state index is 0.485. The number of pyridine rings is 1. The first-order valence-corrected chi connectivity index (χ1v) is 5.87. The third-order valence-corrected chi connectivity index (χ3v) is 2.47. The molecule has 2 rings (SSSR count). The van der Waals surface area contributed by atoms with Crippen LogP contribution in [-0.4, -0.2) is 20.6 Å². The van der Waals surface area contributed by atoms with E-state index in [1.165, 1.54) is 5.56 Å². The molecule has 0 amide bonds. The van der Waals surface area contributed by atoms with E-state index in [9.17, 15) is 0 Å². The van der Waals surface area contributed by atoms with Gasteiger partial charge in [0, 0.05) is 31.2 Å². The number of nitrogens with zero attached hydrogens (tertiary/aromatic N) is 3. The fourth-order valence-electron chi connectivity index (χ4n) is 1.60. The van der Waals surface area contributed by atoms with Gasteiger partial charge in [0.25, 0.3) is 0 Å². The molecule has 4 heteroatoms. The minimum Gasteiger partial charge on any atom is -0.333 e. The Morgan fingerprint density at radius 3 is 3.00 bits per heavy atom. The molecule has 0 spiro atoms. The van der Waals surface area contributed by atoms with Gasteiger partial charge in [-0.3, -0.25) is 4.98 Å². The average Bonchev–Trinajstić information content (AvgIpc) is 2.75. The van der Waals surface area contributed by atoms with Crippen molar-refractivity contribution in [1.29, 1.82) is 0 Å². The smallest absolute Gasteiger partial charge is 0.0953 e. The van der Waals surface area contributed by atoms with Gasteiger partial charge in [0.15, 0.2) is 0 Å². The lowest BCUT2D eigenvalue weighted by Gasteiger charge is -2.05. The standard InChI is InChI=1S/C13H18N4/c1-11(2)15-7-13-9-17(10-16-13)8-12-4-3-5-14-6-12/h3-6,9-11,15H,7-8H2,1-2H3. The maximum Gasteiger partial charge on any atom is 0.0953 e. The molecule has 17 heavy (non-hydrogen) atoms. The SMILES string of the molecule is CC(C)NCc1cn(Cc2cccnc2)cn1. The minimum atomic E-state index is 0.485. The second-order valence-corrected chi connectivity index (χ2v) is 4.43. The summed E-state index contributed by atoms with van der Waals surface area (Å²) in [4.78, 5) is 8.47. The van der Waals surface area contributed by atoms with Crippen LogP contribution in [0.2, 0.25) is 0 Å². The first-order valence-electron chi connectivity index (χ1n) is 5.87. The Bertz CT molecular complexity index is 447. The molecule has 0 radical (unpaired) electrons. The van der Waals surface area contributed by atoms with E-state index in [4.69, 9.17) is 0 Å². The normalized spacial score (nSPS) is 11.0. The third-order valence-electron chi connectivity index (χ3n) is 2.47. The van der Waals surface area contributed by atoms with Crippen molar-refractivity contribution >= 4 is 0 Å². The van der Waals surface area contributed by atoms with Crippen molar-refractivity contribution in [2.45, 2.75) is 33.0 Å². The first kappa shape index (κ1) is 11.8. The van der Waals surface area contributed by atoms with E-state index >= 15 is 0 Å². The number of hydrogen-bond acceptors (Lipinski definition) is 3. The van der Waals surface area contributed by atoms with Crippen molar-refractivity contribution in [3.05, 3.63) is 48.3 Å². The van der Waals surface area contributed by atoms with Gasteiger partial charge in [-0.05, 0) is 11.6 Å². The molecule has 0 aromatic carbocycles. The van der Waals surface area contributed by atoms with Crippen LogP contribution in [0, 0.1) is 0 Å². The van der Waals surface area contributed by atoms with Crippen LogP contribution in [0.5, 0.6) is 0 Å². The van der Waals surface area contributed by atoms with Gasteiger partial charge >= 0.3 is 0 Å². The zero-order chi connectivity index (χ0) is 12.1. The van der Waals surface area contributed by atoms with Crippen LogP contribution >= 0.6 is 0 Å². The van der Waals surface area contributed by atoms with E-state index < -0.39 is 0 Å². The molecule has 4 nitrogen and oxygen atoms in total. The highest BCUT2D eigenvalue weighted by Crippen LogP contribution is 2.02. The lowest BCUT2D eigenvalue weighted by Crippen LogP contribution is -2.21. The first-order chi connectivity index (χ1) is 8.24. The summed E-state index contributed by atoms with van der Waals surface area (Å²) in [6.45, 7) is 5.90. The summed E-state index contributed by atoms with van der Waals surface area (Å²) in [6, 6.07) is 4.51. The number of rotatable bonds is 5. The zero-order valence-corrected chi connectivity index (χ0v) is 10.3. The second kappa shape index (κ2) is 5.59. The fraction of sp³-hybridized carbons (Fsp3) is 0.385. The number of hydrogen-bond donors (Lipinski definition) is 1. The van der Waals surface area contributed by atoms with Crippen LogP contribution in [0.3, 0.4) is 0 Å². The van der Waals surface area contributed by atoms with Crippen LogP contribution < -0.4 is 5.32 Å². The Balaban J connectivity index is 1.94. The van der Waals surface area contributed by atoms with Crippen molar-refractivity contribution in [2.75, 3.05) is 0 Å². The molecule has 0 fully saturated rings. The van der Waals surface area contributed by atoms with Gasteiger partial charge in [-0.2, -0.15) is 0 Å². The molecule has 0 aliphatic carbocycles.